The lowest BCUT2D eigenvalue weighted by atomic mass is 10.1. The van der Waals surface area contributed by atoms with Gasteiger partial charge in [0.2, 0.25) is 6.33 Å². The number of nitrogens with zero attached hydrogens (tertiary/aromatic N) is 5. The van der Waals surface area contributed by atoms with Crippen molar-refractivity contribution < 1.29 is 13.4 Å². The number of aryl methyl sites for hydroxylation is 1. The predicted molar refractivity (Wildman–Crippen MR) is 191 cm³/mol. The third-order valence-electron chi connectivity index (χ3n) is 8.08. The Balaban J connectivity index is 1.32. The highest BCUT2D eigenvalue weighted by Gasteiger charge is 2.35. The maximum Gasteiger partial charge on any atom is 0.244 e. The van der Waals surface area contributed by atoms with Gasteiger partial charge in [0.25, 0.3) is 0 Å². The Morgan fingerprint density at radius 1 is 0.733 bits per heavy atom. The van der Waals surface area contributed by atoms with Crippen LogP contribution >= 0.6 is 0 Å². The second kappa shape index (κ2) is 10.7. The zero-order chi connectivity index (χ0) is 34.0. The number of hydrogen-bond acceptors (Lipinski definition) is 3. The standard InChI is InChI=1S/C37H39N5OSi2/c1-39-26-40(35-18-11-10-17-34(35)39)27-13-12-14-29(23-27)43-30-19-20-32-31-15-8-9-16-33(31)41(36(32)25-30)37-24-28(21-22-38-37)42(44(2,3)4)45(5,6)7/h8-25H,1-7H3/i1D3. The van der Waals surface area contributed by atoms with Gasteiger partial charge in [-0.1, -0.05) is 93.9 Å². The van der Waals surface area contributed by atoms with Crippen molar-refractivity contribution in [3.63, 3.8) is 0 Å². The highest BCUT2D eigenvalue weighted by atomic mass is 28.4. The van der Waals surface area contributed by atoms with Crippen molar-refractivity contribution in [3.8, 4) is 23.0 Å². The van der Waals surface area contributed by atoms with E-state index in [4.69, 9.17) is 13.8 Å². The summed E-state index contributed by atoms with van der Waals surface area (Å²) >= 11 is 0. The highest BCUT2D eigenvalue weighted by molar-refractivity contribution is 6.99. The van der Waals surface area contributed by atoms with Crippen LogP contribution in [0.25, 0.3) is 44.3 Å². The van der Waals surface area contributed by atoms with E-state index < -0.39 is 23.4 Å². The molecule has 0 radical (unpaired) electrons. The normalized spacial score (nSPS) is 13.6. The Hall–Kier alpha value is -4.67. The van der Waals surface area contributed by atoms with Crippen LogP contribution in [0.4, 0.5) is 5.69 Å². The van der Waals surface area contributed by atoms with Crippen LogP contribution in [0.3, 0.4) is 0 Å². The number of benzene rings is 4. The smallest absolute Gasteiger partial charge is 0.244 e. The van der Waals surface area contributed by atoms with E-state index >= 15 is 0 Å². The summed E-state index contributed by atoms with van der Waals surface area (Å²) in [6.45, 7) is 12.1. The van der Waals surface area contributed by atoms with Gasteiger partial charge in [0.05, 0.1) is 38.8 Å². The lowest BCUT2D eigenvalue weighted by Crippen LogP contribution is -2.59. The average molecular weight is 629 g/mol. The van der Waals surface area contributed by atoms with Crippen LogP contribution in [0.2, 0.25) is 39.3 Å². The Morgan fingerprint density at radius 2 is 1.44 bits per heavy atom. The molecule has 0 aliphatic carbocycles. The van der Waals surface area contributed by atoms with Crippen LogP contribution < -0.4 is 13.5 Å². The van der Waals surface area contributed by atoms with Gasteiger partial charge in [-0.05, 0) is 36.4 Å². The maximum atomic E-state index is 8.02. The number of aromatic nitrogens is 4. The van der Waals surface area contributed by atoms with Gasteiger partial charge in [0.1, 0.15) is 33.8 Å². The van der Waals surface area contributed by atoms with E-state index in [9.17, 15) is 0 Å². The molecule has 0 spiro atoms. The zero-order valence-electron chi connectivity index (χ0n) is 29.5. The topological polar surface area (TPSA) is 39.1 Å². The summed E-state index contributed by atoms with van der Waals surface area (Å²) in [4.78, 5) is 4.91. The van der Waals surface area contributed by atoms with E-state index in [-0.39, 0.29) is 0 Å². The lowest BCUT2D eigenvalue weighted by Gasteiger charge is -2.46. The minimum atomic E-state index is -2.36. The monoisotopic (exact) mass is 628 g/mol. The van der Waals surface area contributed by atoms with E-state index in [0.717, 1.165) is 38.8 Å². The van der Waals surface area contributed by atoms with Crippen molar-refractivity contribution >= 4 is 55.0 Å². The first kappa shape index (κ1) is 25.6. The van der Waals surface area contributed by atoms with Crippen LogP contribution in [0, 0.1) is 6.33 Å². The van der Waals surface area contributed by atoms with Gasteiger partial charge in [0, 0.05) is 34.8 Å². The number of fused-ring (bicyclic) bond motifs is 4. The predicted octanol–water partition coefficient (Wildman–Crippen LogP) is 9.02. The van der Waals surface area contributed by atoms with Crippen molar-refractivity contribution in [3.05, 3.63) is 116 Å². The highest BCUT2D eigenvalue weighted by Crippen LogP contribution is 2.37. The molecule has 0 N–H and O–H groups in total. The molecular formula is C37H39N5OSi2. The fourth-order valence-corrected chi connectivity index (χ4v) is 16.7. The number of para-hydroxylation sites is 3. The molecule has 45 heavy (non-hydrogen) atoms. The third-order valence-corrected chi connectivity index (χ3v) is 15.3. The van der Waals surface area contributed by atoms with E-state index in [1.165, 1.54) is 10.3 Å². The van der Waals surface area contributed by atoms with Gasteiger partial charge in [0.15, 0.2) is 0 Å². The third kappa shape index (κ3) is 5.24. The molecule has 7 aromatic rings. The molecule has 6 nitrogen and oxygen atoms in total. The van der Waals surface area contributed by atoms with Crippen molar-refractivity contribution in [1.82, 2.24) is 14.1 Å². The number of hydrogen-bond donors (Lipinski definition) is 0. The van der Waals surface area contributed by atoms with Crippen LogP contribution in [0.1, 0.15) is 4.11 Å². The molecule has 0 aliphatic rings. The molecule has 8 heteroatoms. The second-order valence-electron chi connectivity index (χ2n) is 13.4. The number of imidazole rings is 1. The Labute approximate surface area is 271 Å². The Bertz CT molecular complexity index is 2300. The summed E-state index contributed by atoms with van der Waals surface area (Å²) in [7, 11) is -3.36. The molecule has 0 bridgehead atoms. The molecule has 0 fully saturated rings. The van der Waals surface area contributed by atoms with Crippen LogP contribution in [0.5, 0.6) is 11.5 Å². The molecule has 3 aromatic heterocycles. The van der Waals surface area contributed by atoms with Crippen molar-refractivity contribution in [2.45, 2.75) is 39.3 Å². The summed E-state index contributed by atoms with van der Waals surface area (Å²) in [5.74, 6) is 2.18. The van der Waals surface area contributed by atoms with Gasteiger partial charge in [-0.3, -0.25) is 4.57 Å². The first-order valence-corrected chi connectivity index (χ1v) is 22.1. The average Bonchev–Trinajstić information content (AvgIpc) is 3.56. The van der Waals surface area contributed by atoms with Crippen LogP contribution in [0.15, 0.2) is 109 Å². The first-order valence-electron chi connectivity index (χ1n) is 16.7. The number of rotatable bonds is 7. The molecule has 226 valence electrons. The number of ether oxygens (including phenoxy) is 1. The van der Waals surface area contributed by atoms with E-state index in [1.807, 2.05) is 54.7 Å². The number of pyridine rings is 1. The maximum absolute atomic E-state index is 8.02. The molecule has 7 rings (SSSR count). The van der Waals surface area contributed by atoms with Gasteiger partial charge in [-0.25, -0.2) is 4.98 Å². The minimum Gasteiger partial charge on any atom is -0.458 e. The van der Waals surface area contributed by atoms with Gasteiger partial charge in [-0.2, -0.15) is 0 Å². The van der Waals surface area contributed by atoms with Gasteiger partial charge < -0.3 is 18.1 Å². The molecular weight excluding hydrogens is 587 g/mol. The molecule has 0 amide bonds. The van der Waals surface area contributed by atoms with Crippen molar-refractivity contribution in [2.75, 3.05) is 4.23 Å². The van der Waals surface area contributed by atoms with Crippen molar-refractivity contribution in [1.29, 1.82) is 0 Å². The largest absolute Gasteiger partial charge is 0.458 e. The van der Waals surface area contributed by atoms with E-state index in [1.54, 1.807) is 10.6 Å². The quantitative estimate of drug-likeness (QED) is 0.100. The first-order chi connectivity index (χ1) is 22.7. The molecule has 0 aliphatic heterocycles. The molecule has 0 saturated carbocycles. The summed E-state index contributed by atoms with van der Waals surface area (Å²) in [5.41, 5.74) is 5.39. The van der Waals surface area contributed by atoms with Crippen LogP contribution in [-0.4, -0.2) is 30.6 Å². The van der Waals surface area contributed by atoms with Gasteiger partial charge in [-0.15, -0.1) is 0 Å². The summed E-state index contributed by atoms with van der Waals surface area (Å²) in [5, 5.41) is 2.27. The van der Waals surface area contributed by atoms with E-state index in [0.29, 0.717) is 17.0 Å². The van der Waals surface area contributed by atoms with Crippen LogP contribution in [-0.2, 0) is 6.98 Å². The molecule has 4 aromatic carbocycles. The molecule has 3 heterocycles. The second-order valence-corrected chi connectivity index (χ2v) is 23.5. The number of anilines is 1. The lowest BCUT2D eigenvalue weighted by molar-refractivity contribution is -0.649. The SMILES string of the molecule is [2H]C([2H])([2H])[n+]1[c-]n(-c2cccc(Oc3ccc4c5ccccc5n(-c5cc(N([Si](C)(C)C)[Si](C)(C)C)ccn5)c4c3)c2)c2ccccc21. The minimum absolute atomic E-state index is 0.581. The summed E-state index contributed by atoms with van der Waals surface area (Å²) < 4.78 is 38.5. The van der Waals surface area contributed by atoms with E-state index in [2.05, 4.69) is 103 Å². The fraction of sp³-hybridized carbons (Fsp3) is 0.189. The summed E-state index contributed by atoms with van der Waals surface area (Å²) in [6, 6.07) is 34.0. The van der Waals surface area contributed by atoms with Gasteiger partial charge >= 0.3 is 0 Å². The van der Waals surface area contributed by atoms with Crippen molar-refractivity contribution in [2.24, 2.45) is 6.98 Å². The molecule has 0 atom stereocenters. The zero-order valence-corrected chi connectivity index (χ0v) is 28.5. The molecule has 0 unspecified atom stereocenters. The Kier molecular flexibility index (Phi) is 6.12. The molecule has 0 saturated heterocycles. The summed E-state index contributed by atoms with van der Waals surface area (Å²) in [6.07, 6.45) is 4.97. The fourth-order valence-electron chi connectivity index (χ4n) is 6.78. The Morgan fingerprint density at radius 3 is 2.22 bits per heavy atom.